The van der Waals surface area contributed by atoms with E-state index in [4.69, 9.17) is 4.74 Å². The Balaban J connectivity index is 0.00000784. The van der Waals surface area contributed by atoms with Gasteiger partial charge in [0.1, 0.15) is 5.60 Å². The number of aliphatic imine (C=N–C) groups is 1. The van der Waals surface area contributed by atoms with Gasteiger partial charge in [-0.2, -0.15) is 0 Å². The van der Waals surface area contributed by atoms with Crippen molar-refractivity contribution in [3.05, 3.63) is 35.9 Å². The number of ether oxygens (including phenoxy) is 1. The Morgan fingerprint density at radius 1 is 1.17 bits per heavy atom. The highest BCUT2D eigenvalue weighted by Gasteiger charge is 2.19. The van der Waals surface area contributed by atoms with Gasteiger partial charge >= 0.3 is 6.09 Å². The van der Waals surface area contributed by atoms with Gasteiger partial charge in [-0.1, -0.05) is 43.7 Å². The lowest BCUT2D eigenvalue weighted by atomic mass is 10.0. The molecule has 2 atom stereocenters. The Hall–Kier alpha value is -1.55. The molecule has 1 rings (SSSR count). The quantitative estimate of drug-likeness (QED) is 0.228. The fourth-order valence-electron chi connectivity index (χ4n) is 2.72. The molecule has 0 aliphatic heterocycles. The van der Waals surface area contributed by atoms with Gasteiger partial charge in [-0.25, -0.2) is 4.79 Å². The highest BCUT2D eigenvalue weighted by molar-refractivity contribution is 14.0. The summed E-state index contributed by atoms with van der Waals surface area (Å²) in [5.41, 5.74) is 0.547. The second-order valence-electron chi connectivity index (χ2n) is 7.76. The first-order chi connectivity index (χ1) is 13.3. The molecule has 0 aliphatic carbocycles. The molecule has 0 aliphatic rings. The number of aliphatic hydroxyl groups is 1. The summed E-state index contributed by atoms with van der Waals surface area (Å²) in [5.74, 6) is 0.604. The van der Waals surface area contributed by atoms with Crippen LogP contribution in [0.1, 0.15) is 52.0 Å². The zero-order chi connectivity index (χ0) is 21.0. The SMILES string of the molecule is CCCC(CNC(=NC)NCC(CO)c1ccccc1)NC(=O)OC(C)(C)C.I. The third-order valence-electron chi connectivity index (χ3n) is 4.10. The van der Waals surface area contributed by atoms with Gasteiger partial charge in [0.05, 0.1) is 6.61 Å². The van der Waals surface area contributed by atoms with Crippen LogP contribution in [-0.4, -0.2) is 55.5 Å². The summed E-state index contributed by atoms with van der Waals surface area (Å²) >= 11 is 0. The van der Waals surface area contributed by atoms with Crippen LogP contribution >= 0.6 is 24.0 Å². The van der Waals surface area contributed by atoms with Gasteiger partial charge in [0, 0.05) is 32.1 Å². The molecule has 0 spiro atoms. The summed E-state index contributed by atoms with van der Waals surface area (Å²) in [4.78, 5) is 16.3. The molecule has 0 fully saturated rings. The highest BCUT2D eigenvalue weighted by atomic mass is 127. The summed E-state index contributed by atoms with van der Waals surface area (Å²) in [7, 11) is 1.70. The van der Waals surface area contributed by atoms with Gasteiger partial charge < -0.3 is 25.8 Å². The summed E-state index contributed by atoms with van der Waals surface area (Å²) in [5, 5.41) is 19.1. The van der Waals surface area contributed by atoms with Crippen molar-refractivity contribution in [2.45, 2.75) is 58.1 Å². The fraction of sp³-hybridized carbons (Fsp3) is 0.619. The number of nitrogens with one attached hydrogen (secondary N) is 3. The zero-order valence-electron chi connectivity index (χ0n) is 18.2. The number of guanidine groups is 1. The molecule has 0 aromatic heterocycles. The molecule has 0 bridgehead atoms. The highest BCUT2D eigenvalue weighted by Crippen LogP contribution is 2.13. The van der Waals surface area contributed by atoms with E-state index in [1.165, 1.54) is 0 Å². The van der Waals surface area contributed by atoms with Crippen LogP contribution in [0.2, 0.25) is 0 Å². The number of alkyl carbamates (subject to hydrolysis) is 1. The molecule has 1 aromatic carbocycles. The molecule has 1 aromatic rings. The normalized spacial score (nSPS) is 13.7. The average Bonchev–Trinajstić information content (AvgIpc) is 2.64. The standard InChI is InChI=1S/C21H36N4O3.HI/c1-6-10-18(25-20(27)28-21(2,3)4)14-24-19(22-5)23-13-17(15-26)16-11-8-7-9-12-16;/h7-9,11-12,17-18,26H,6,10,13-15H2,1-5H3,(H,25,27)(H2,22,23,24);1H. The Kier molecular flexibility index (Phi) is 13.7. The van der Waals surface area contributed by atoms with Crippen molar-refractivity contribution in [1.29, 1.82) is 0 Å². The monoisotopic (exact) mass is 520 g/mol. The van der Waals surface area contributed by atoms with Gasteiger partial charge in [-0.05, 0) is 32.8 Å². The summed E-state index contributed by atoms with van der Waals surface area (Å²) in [6.07, 6.45) is 1.35. The first kappa shape index (κ1) is 27.5. The van der Waals surface area contributed by atoms with Crippen LogP contribution in [0.25, 0.3) is 0 Å². The third kappa shape index (κ3) is 11.9. The smallest absolute Gasteiger partial charge is 0.407 e. The molecule has 2 unspecified atom stereocenters. The van der Waals surface area contributed by atoms with E-state index in [9.17, 15) is 9.90 Å². The number of aliphatic hydroxyl groups excluding tert-OH is 1. The first-order valence-corrected chi connectivity index (χ1v) is 9.88. The molecule has 166 valence electrons. The first-order valence-electron chi connectivity index (χ1n) is 9.88. The van der Waals surface area contributed by atoms with Crippen LogP contribution in [0.15, 0.2) is 35.3 Å². The Labute approximate surface area is 192 Å². The summed E-state index contributed by atoms with van der Waals surface area (Å²) < 4.78 is 5.34. The van der Waals surface area contributed by atoms with Crippen LogP contribution in [-0.2, 0) is 4.74 Å². The number of hydrogen-bond acceptors (Lipinski definition) is 4. The van der Waals surface area contributed by atoms with E-state index in [0.717, 1.165) is 18.4 Å². The molecule has 7 nitrogen and oxygen atoms in total. The van der Waals surface area contributed by atoms with Gasteiger partial charge in [0.15, 0.2) is 5.96 Å². The van der Waals surface area contributed by atoms with Crippen molar-refractivity contribution in [2.24, 2.45) is 4.99 Å². The molecule has 8 heteroatoms. The topological polar surface area (TPSA) is 95.0 Å². The molecule has 0 radical (unpaired) electrons. The third-order valence-corrected chi connectivity index (χ3v) is 4.10. The average molecular weight is 520 g/mol. The number of carbonyl (C=O) groups excluding carboxylic acids is 1. The van der Waals surface area contributed by atoms with Crippen LogP contribution in [0.4, 0.5) is 4.79 Å². The van der Waals surface area contributed by atoms with Gasteiger partial charge in [0.2, 0.25) is 0 Å². The van der Waals surface area contributed by atoms with E-state index in [1.807, 2.05) is 51.1 Å². The van der Waals surface area contributed by atoms with Crippen molar-refractivity contribution < 1.29 is 14.6 Å². The number of hydrogen-bond donors (Lipinski definition) is 4. The molecule has 0 heterocycles. The van der Waals surface area contributed by atoms with Gasteiger partial charge in [0.25, 0.3) is 0 Å². The molecule has 1 amide bonds. The Morgan fingerprint density at radius 3 is 2.31 bits per heavy atom. The van der Waals surface area contributed by atoms with E-state index < -0.39 is 11.7 Å². The zero-order valence-corrected chi connectivity index (χ0v) is 20.5. The predicted octanol–water partition coefficient (Wildman–Crippen LogP) is 3.24. The van der Waals surface area contributed by atoms with E-state index >= 15 is 0 Å². The molecular formula is C21H37IN4O3. The minimum absolute atomic E-state index is 0. The van der Waals surface area contributed by atoms with Crippen LogP contribution in [0.3, 0.4) is 0 Å². The molecule has 0 saturated heterocycles. The second kappa shape index (κ2) is 14.4. The van der Waals surface area contributed by atoms with Crippen LogP contribution < -0.4 is 16.0 Å². The van der Waals surface area contributed by atoms with Crippen molar-refractivity contribution in [3.8, 4) is 0 Å². The summed E-state index contributed by atoms with van der Waals surface area (Å²) in [6, 6.07) is 9.81. The van der Waals surface area contributed by atoms with Crippen molar-refractivity contribution in [1.82, 2.24) is 16.0 Å². The molecule has 0 saturated carbocycles. The van der Waals surface area contributed by atoms with E-state index in [2.05, 4.69) is 27.9 Å². The largest absolute Gasteiger partial charge is 0.444 e. The van der Waals surface area contributed by atoms with Crippen molar-refractivity contribution in [2.75, 3.05) is 26.7 Å². The number of rotatable bonds is 9. The Morgan fingerprint density at radius 2 is 1.79 bits per heavy atom. The number of carbonyl (C=O) groups is 1. The van der Waals surface area contributed by atoms with Gasteiger partial charge in [-0.3, -0.25) is 4.99 Å². The van der Waals surface area contributed by atoms with Crippen molar-refractivity contribution >= 4 is 36.0 Å². The maximum atomic E-state index is 12.0. The number of halogens is 1. The minimum atomic E-state index is -0.525. The Bertz CT molecular complexity index is 606. The van der Waals surface area contributed by atoms with Crippen LogP contribution in [0, 0.1) is 0 Å². The lowest BCUT2D eigenvalue weighted by Gasteiger charge is -2.24. The lowest BCUT2D eigenvalue weighted by molar-refractivity contribution is 0.0502. The van der Waals surface area contributed by atoms with E-state index in [1.54, 1.807) is 7.05 Å². The number of nitrogens with zero attached hydrogens (tertiary/aromatic N) is 1. The molecular weight excluding hydrogens is 483 g/mol. The summed E-state index contributed by atoms with van der Waals surface area (Å²) in [6.45, 7) is 8.73. The predicted molar refractivity (Wildman–Crippen MR) is 129 cm³/mol. The maximum absolute atomic E-state index is 12.0. The van der Waals surface area contributed by atoms with Crippen molar-refractivity contribution in [3.63, 3.8) is 0 Å². The fourth-order valence-corrected chi connectivity index (χ4v) is 2.72. The lowest BCUT2D eigenvalue weighted by Crippen LogP contribution is -2.48. The van der Waals surface area contributed by atoms with Crippen LogP contribution in [0.5, 0.6) is 0 Å². The van der Waals surface area contributed by atoms with E-state index in [-0.39, 0.29) is 42.5 Å². The molecule has 4 N–H and O–H groups in total. The minimum Gasteiger partial charge on any atom is -0.444 e. The van der Waals surface area contributed by atoms with E-state index in [0.29, 0.717) is 19.0 Å². The number of amides is 1. The number of benzene rings is 1. The maximum Gasteiger partial charge on any atom is 0.407 e. The second-order valence-corrected chi connectivity index (χ2v) is 7.76. The van der Waals surface area contributed by atoms with Gasteiger partial charge in [-0.15, -0.1) is 24.0 Å². The molecule has 29 heavy (non-hydrogen) atoms.